The standard InChI is InChI=1S/C26H25N/c1-21-19-25(18-17-22-11-5-2-6-12-22)27(24-15-9-4-10-16-24)26(20-21)23-13-7-3-8-14-23/h2-18,25-26H,1,19-20H2/b18-17+/t25-,26-/m0/s1. The van der Waals surface area contributed by atoms with Gasteiger partial charge in [-0.05, 0) is 36.1 Å². The number of nitrogens with zero attached hydrogens (tertiary/aromatic N) is 1. The number of piperidine rings is 1. The number of hydrogen-bond donors (Lipinski definition) is 0. The summed E-state index contributed by atoms with van der Waals surface area (Å²) in [4.78, 5) is 2.56. The molecule has 0 bridgehead atoms. The Morgan fingerprint density at radius 3 is 2.00 bits per heavy atom. The van der Waals surface area contributed by atoms with Gasteiger partial charge in [0.15, 0.2) is 0 Å². The SMILES string of the molecule is C=C1C[C@H](/C=C/c2ccccc2)N(c2ccccc2)[C@H](c2ccccc2)C1. The second-order valence-electron chi connectivity index (χ2n) is 7.16. The third kappa shape index (κ3) is 4.03. The van der Waals surface area contributed by atoms with E-state index in [2.05, 4.69) is 115 Å². The van der Waals surface area contributed by atoms with Crippen LogP contribution in [0.2, 0.25) is 0 Å². The summed E-state index contributed by atoms with van der Waals surface area (Å²) in [6.07, 6.45) is 6.56. The fourth-order valence-electron chi connectivity index (χ4n) is 3.95. The van der Waals surface area contributed by atoms with Crippen LogP contribution in [-0.4, -0.2) is 6.04 Å². The average molecular weight is 351 g/mol. The number of hydrogen-bond acceptors (Lipinski definition) is 1. The molecule has 27 heavy (non-hydrogen) atoms. The zero-order chi connectivity index (χ0) is 18.5. The summed E-state index contributed by atoms with van der Waals surface area (Å²) >= 11 is 0. The van der Waals surface area contributed by atoms with Gasteiger partial charge in [-0.3, -0.25) is 0 Å². The van der Waals surface area contributed by atoms with Crippen molar-refractivity contribution in [2.24, 2.45) is 0 Å². The monoisotopic (exact) mass is 351 g/mol. The molecule has 0 amide bonds. The van der Waals surface area contributed by atoms with E-state index in [1.165, 1.54) is 22.4 Å². The van der Waals surface area contributed by atoms with E-state index >= 15 is 0 Å². The van der Waals surface area contributed by atoms with Crippen molar-refractivity contribution >= 4 is 11.8 Å². The van der Waals surface area contributed by atoms with Gasteiger partial charge in [0, 0.05) is 5.69 Å². The Kier molecular flexibility index (Phi) is 5.20. The molecule has 1 saturated heterocycles. The van der Waals surface area contributed by atoms with E-state index in [1.807, 2.05) is 0 Å². The molecule has 3 aromatic rings. The van der Waals surface area contributed by atoms with Crippen LogP contribution in [0.25, 0.3) is 6.08 Å². The normalized spacial score (nSPS) is 20.1. The molecule has 0 unspecified atom stereocenters. The Morgan fingerprint density at radius 2 is 1.33 bits per heavy atom. The second-order valence-corrected chi connectivity index (χ2v) is 7.16. The van der Waals surface area contributed by atoms with Gasteiger partial charge in [-0.1, -0.05) is 103 Å². The molecule has 1 aliphatic heterocycles. The molecule has 2 atom stereocenters. The third-order valence-corrected chi connectivity index (χ3v) is 5.22. The lowest BCUT2D eigenvalue weighted by Gasteiger charge is -2.44. The van der Waals surface area contributed by atoms with Crippen LogP contribution < -0.4 is 4.90 Å². The largest absolute Gasteiger partial charge is 0.357 e. The maximum Gasteiger partial charge on any atom is 0.0585 e. The Hall–Kier alpha value is -3.06. The van der Waals surface area contributed by atoms with Gasteiger partial charge in [0.25, 0.3) is 0 Å². The van der Waals surface area contributed by atoms with Crippen LogP contribution >= 0.6 is 0 Å². The molecule has 3 aromatic carbocycles. The van der Waals surface area contributed by atoms with Gasteiger partial charge in [0.1, 0.15) is 0 Å². The zero-order valence-corrected chi connectivity index (χ0v) is 15.5. The van der Waals surface area contributed by atoms with Gasteiger partial charge in [-0.15, -0.1) is 0 Å². The smallest absolute Gasteiger partial charge is 0.0585 e. The summed E-state index contributed by atoms with van der Waals surface area (Å²) < 4.78 is 0. The first-order valence-corrected chi connectivity index (χ1v) is 9.59. The summed E-state index contributed by atoms with van der Waals surface area (Å²) in [5, 5.41) is 0. The van der Waals surface area contributed by atoms with E-state index in [1.54, 1.807) is 0 Å². The minimum Gasteiger partial charge on any atom is -0.357 e. The first kappa shape index (κ1) is 17.4. The molecule has 0 radical (unpaired) electrons. The molecule has 0 spiro atoms. The molecule has 1 nitrogen and oxygen atoms in total. The van der Waals surface area contributed by atoms with E-state index in [0.717, 1.165) is 12.8 Å². The molecule has 1 aliphatic rings. The molecule has 1 heteroatoms. The molecule has 0 N–H and O–H groups in total. The fourth-order valence-corrected chi connectivity index (χ4v) is 3.95. The van der Waals surface area contributed by atoms with E-state index in [9.17, 15) is 0 Å². The van der Waals surface area contributed by atoms with Gasteiger partial charge in [-0.2, -0.15) is 0 Å². The van der Waals surface area contributed by atoms with Crippen molar-refractivity contribution < 1.29 is 0 Å². The Morgan fingerprint density at radius 1 is 0.741 bits per heavy atom. The molecule has 0 saturated carbocycles. The molecular weight excluding hydrogens is 326 g/mol. The van der Waals surface area contributed by atoms with Crippen LogP contribution in [0.4, 0.5) is 5.69 Å². The Bertz CT molecular complexity index is 897. The minimum absolute atomic E-state index is 0.291. The Labute approximate surface area is 162 Å². The van der Waals surface area contributed by atoms with Crippen molar-refractivity contribution in [3.63, 3.8) is 0 Å². The average Bonchev–Trinajstić information content (AvgIpc) is 2.74. The van der Waals surface area contributed by atoms with Crippen LogP contribution in [0.5, 0.6) is 0 Å². The Balaban J connectivity index is 1.73. The highest BCUT2D eigenvalue weighted by molar-refractivity contribution is 5.57. The summed E-state index contributed by atoms with van der Waals surface area (Å²) in [6.45, 7) is 4.36. The number of benzene rings is 3. The lowest BCUT2D eigenvalue weighted by atomic mass is 9.87. The van der Waals surface area contributed by atoms with Gasteiger partial charge in [0.2, 0.25) is 0 Å². The molecule has 4 rings (SSSR count). The minimum atomic E-state index is 0.291. The topological polar surface area (TPSA) is 3.24 Å². The highest BCUT2D eigenvalue weighted by Gasteiger charge is 2.31. The van der Waals surface area contributed by atoms with Crippen LogP contribution in [0.1, 0.15) is 30.0 Å². The molecule has 134 valence electrons. The molecule has 0 aliphatic carbocycles. The van der Waals surface area contributed by atoms with E-state index in [-0.39, 0.29) is 0 Å². The van der Waals surface area contributed by atoms with E-state index < -0.39 is 0 Å². The van der Waals surface area contributed by atoms with Crippen LogP contribution in [0.15, 0.2) is 109 Å². The van der Waals surface area contributed by atoms with E-state index in [0.29, 0.717) is 12.1 Å². The number of para-hydroxylation sites is 1. The second kappa shape index (κ2) is 8.09. The maximum absolute atomic E-state index is 4.36. The highest BCUT2D eigenvalue weighted by atomic mass is 15.2. The van der Waals surface area contributed by atoms with Crippen molar-refractivity contribution in [3.8, 4) is 0 Å². The fraction of sp³-hybridized carbons (Fsp3) is 0.154. The molecular formula is C26H25N. The number of anilines is 1. The van der Waals surface area contributed by atoms with Gasteiger partial charge in [-0.25, -0.2) is 0 Å². The van der Waals surface area contributed by atoms with Crippen molar-refractivity contribution in [3.05, 3.63) is 120 Å². The summed E-state index contributed by atoms with van der Waals surface area (Å²) in [6, 6.07) is 32.7. The predicted molar refractivity (Wildman–Crippen MR) is 116 cm³/mol. The van der Waals surface area contributed by atoms with Crippen LogP contribution in [0, 0.1) is 0 Å². The summed E-state index contributed by atoms with van der Waals surface area (Å²) in [5.74, 6) is 0. The lowest BCUT2D eigenvalue weighted by Crippen LogP contribution is -2.41. The first-order valence-electron chi connectivity index (χ1n) is 9.59. The van der Waals surface area contributed by atoms with E-state index in [4.69, 9.17) is 0 Å². The summed E-state index contributed by atoms with van der Waals surface area (Å²) in [7, 11) is 0. The van der Waals surface area contributed by atoms with Crippen molar-refractivity contribution in [2.45, 2.75) is 24.9 Å². The third-order valence-electron chi connectivity index (χ3n) is 5.22. The van der Waals surface area contributed by atoms with Crippen molar-refractivity contribution in [2.75, 3.05) is 4.90 Å². The zero-order valence-electron chi connectivity index (χ0n) is 15.5. The molecule has 0 aromatic heterocycles. The highest BCUT2D eigenvalue weighted by Crippen LogP contribution is 2.40. The first-order chi connectivity index (χ1) is 13.3. The molecule has 1 fully saturated rings. The number of rotatable bonds is 4. The van der Waals surface area contributed by atoms with Crippen molar-refractivity contribution in [1.82, 2.24) is 0 Å². The predicted octanol–water partition coefficient (Wildman–Crippen LogP) is 6.67. The quantitative estimate of drug-likeness (QED) is 0.475. The molecule has 1 heterocycles. The van der Waals surface area contributed by atoms with Crippen molar-refractivity contribution in [1.29, 1.82) is 0 Å². The van der Waals surface area contributed by atoms with Crippen LogP contribution in [0.3, 0.4) is 0 Å². The van der Waals surface area contributed by atoms with Gasteiger partial charge >= 0.3 is 0 Å². The van der Waals surface area contributed by atoms with Gasteiger partial charge in [0.05, 0.1) is 12.1 Å². The lowest BCUT2D eigenvalue weighted by molar-refractivity contribution is 0.501. The maximum atomic E-state index is 4.36. The van der Waals surface area contributed by atoms with Crippen LogP contribution in [-0.2, 0) is 0 Å². The summed E-state index contributed by atoms with van der Waals surface area (Å²) in [5.41, 5.74) is 5.17. The van der Waals surface area contributed by atoms with Gasteiger partial charge < -0.3 is 4.90 Å².